The van der Waals surface area contributed by atoms with Crippen molar-refractivity contribution in [2.45, 2.75) is 6.04 Å². The summed E-state index contributed by atoms with van der Waals surface area (Å²) in [5, 5.41) is 0. The van der Waals surface area contributed by atoms with Crippen molar-refractivity contribution in [2.24, 2.45) is 5.73 Å². The number of rotatable bonds is 3. The Morgan fingerprint density at radius 1 is 0.824 bits per heavy atom. The van der Waals surface area contributed by atoms with Gasteiger partial charge in [0.25, 0.3) is 0 Å². The van der Waals surface area contributed by atoms with Gasteiger partial charge < -0.3 is 10.6 Å². The van der Waals surface area contributed by atoms with Gasteiger partial charge >= 0.3 is 0 Å². The fraction of sp³-hybridized carbons (Fsp3) is 0.200. The van der Waals surface area contributed by atoms with E-state index in [-0.39, 0.29) is 6.04 Å². The van der Waals surface area contributed by atoms with Crippen LogP contribution in [0.25, 0.3) is 0 Å². The van der Waals surface area contributed by atoms with Crippen LogP contribution in [0.15, 0.2) is 54.6 Å². The molecule has 0 aliphatic rings. The predicted molar refractivity (Wildman–Crippen MR) is 73.2 cm³/mol. The minimum atomic E-state index is -0.0487. The normalized spacial score (nSPS) is 12.2. The highest BCUT2D eigenvalue weighted by Gasteiger charge is 2.07. The molecule has 0 fully saturated rings. The summed E-state index contributed by atoms with van der Waals surface area (Å²) in [7, 11) is 4.07. The zero-order chi connectivity index (χ0) is 12.3. The minimum Gasteiger partial charge on any atom is -0.378 e. The van der Waals surface area contributed by atoms with Crippen LogP contribution in [-0.2, 0) is 0 Å². The van der Waals surface area contributed by atoms with E-state index >= 15 is 0 Å². The Balaban J connectivity index is 2.23. The highest BCUT2D eigenvalue weighted by molar-refractivity contribution is 5.47. The van der Waals surface area contributed by atoms with E-state index in [1.165, 1.54) is 5.69 Å². The number of nitrogens with two attached hydrogens (primary N) is 1. The lowest BCUT2D eigenvalue weighted by Gasteiger charge is -2.16. The molecular formula is C15H18N2. The van der Waals surface area contributed by atoms with E-state index in [0.29, 0.717) is 0 Å². The van der Waals surface area contributed by atoms with Crippen LogP contribution in [0, 0.1) is 0 Å². The topological polar surface area (TPSA) is 29.3 Å². The molecule has 0 amide bonds. The highest BCUT2D eigenvalue weighted by Crippen LogP contribution is 2.21. The molecule has 17 heavy (non-hydrogen) atoms. The SMILES string of the molecule is CN(C)c1ccc(C(N)c2ccccc2)cc1. The van der Waals surface area contributed by atoms with Crippen molar-refractivity contribution in [3.8, 4) is 0 Å². The van der Waals surface area contributed by atoms with Crippen molar-refractivity contribution in [1.29, 1.82) is 0 Å². The van der Waals surface area contributed by atoms with Crippen molar-refractivity contribution < 1.29 is 0 Å². The maximum Gasteiger partial charge on any atom is 0.0551 e. The molecule has 0 saturated heterocycles. The summed E-state index contributed by atoms with van der Waals surface area (Å²) < 4.78 is 0. The number of hydrogen-bond acceptors (Lipinski definition) is 2. The van der Waals surface area contributed by atoms with Gasteiger partial charge in [-0.05, 0) is 23.3 Å². The van der Waals surface area contributed by atoms with Crippen LogP contribution in [0.5, 0.6) is 0 Å². The summed E-state index contributed by atoms with van der Waals surface area (Å²) in [6.45, 7) is 0. The van der Waals surface area contributed by atoms with Gasteiger partial charge in [-0.25, -0.2) is 0 Å². The molecule has 0 spiro atoms. The van der Waals surface area contributed by atoms with Gasteiger partial charge in [-0.15, -0.1) is 0 Å². The fourth-order valence-electron chi connectivity index (χ4n) is 1.83. The molecule has 1 atom stereocenters. The van der Waals surface area contributed by atoms with Gasteiger partial charge in [0.1, 0.15) is 0 Å². The summed E-state index contributed by atoms with van der Waals surface area (Å²) in [6.07, 6.45) is 0. The summed E-state index contributed by atoms with van der Waals surface area (Å²) in [4.78, 5) is 2.08. The van der Waals surface area contributed by atoms with E-state index in [4.69, 9.17) is 5.73 Å². The summed E-state index contributed by atoms with van der Waals surface area (Å²) in [5.41, 5.74) is 9.70. The minimum absolute atomic E-state index is 0.0487. The lowest BCUT2D eigenvalue weighted by Crippen LogP contribution is -2.12. The van der Waals surface area contributed by atoms with E-state index in [0.717, 1.165) is 11.1 Å². The average molecular weight is 226 g/mol. The number of benzene rings is 2. The third kappa shape index (κ3) is 2.66. The van der Waals surface area contributed by atoms with Crippen LogP contribution in [0.1, 0.15) is 17.2 Å². The molecule has 0 radical (unpaired) electrons. The quantitative estimate of drug-likeness (QED) is 0.872. The molecule has 2 rings (SSSR count). The van der Waals surface area contributed by atoms with Crippen LogP contribution >= 0.6 is 0 Å². The monoisotopic (exact) mass is 226 g/mol. The Kier molecular flexibility index (Phi) is 3.45. The number of anilines is 1. The lowest BCUT2D eigenvalue weighted by molar-refractivity contribution is 0.871. The molecular weight excluding hydrogens is 208 g/mol. The van der Waals surface area contributed by atoms with E-state index in [1.807, 2.05) is 32.3 Å². The number of hydrogen-bond donors (Lipinski definition) is 1. The fourth-order valence-corrected chi connectivity index (χ4v) is 1.83. The van der Waals surface area contributed by atoms with Crippen LogP contribution < -0.4 is 10.6 Å². The van der Waals surface area contributed by atoms with E-state index in [1.54, 1.807) is 0 Å². The summed E-state index contributed by atoms with van der Waals surface area (Å²) in [5.74, 6) is 0. The first-order chi connectivity index (χ1) is 8.18. The molecule has 0 aliphatic carbocycles. The molecule has 2 heteroatoms. The number of nitrogens with zero attached hydrogens (tertiary/aromatic N) is 1. The lowest BCUT2D eigenvalue weighted by atomic mass is 9.99. The molecule has 88 valence electrons. The Morgan fingerprint density at radius 2 is 1.35 bits per heavy atom. The van der Waals surface area contributed by atoms with E-state index < -0.39 is 0 Å². The second kappa shape index (κ2) is 5.02. The second-order valence-corrected chi connectivity index (χ2v) is 4.37. The largest absolute Gasteiger partial charge is 0.378 e. The molecule has 1 unspecified atom stereocenters. The van der Waals surface area contributed by atoms with Crippen molar-refractivity contribution >= 4 is 5.69 Å². The Hall–Kier alpha value is -1.80. The third-order valence-electron chi connectivity index (χ3n) is 2.93. The van der Waals surface area contributed by atoms with Crippen molar-refractivity contribution in [3.05, 3.63) is 65.7 Å². The van der Waals surface area contributed by atoms with Gasteiger partial charge in [0.05, 0.1) is 6.04 Å². The van der Waals surface area contributed by atoms with Crippen molar-refractivity contribution in [1.82, 2.24) is 0 Å². The van der Waals surface area contributed by atoms with E-state index in [2.05, 4.69) is 41.3 Å². The third-order valence-corrected chi connectivity index (χ3v) is 2.93. The van der Waals surface area contributed by atoms with Crippen LogP contribution in [0.4, 0.5) is 5.69 Å². The molecule has 2 nitrogen and oxygen atoms in total. The van der Waals surface area contributed by atoms with Crippen LogP contribution in [0.2, 0.25) is 0 Å². The molecule has 0 aromatic heterocycles. The first-order valence-electron chi connectivity index (χ1n) is 5.76. The van der Waals surface area contributed by atoms with Gasteiger partial charge in [0, 0.05) is 19.8 Å². The highest BCUT2D eigenvalue weighted by atomic mass is 15.1. The van der Waals surface area contributed by atoms with Gasteiger partial charge in [-0.2, -0.15) is 0 Å². The molecule has 0 saturated carbocycles. The Morgan fingerprint density at radius 3 is 1.88 bits per heavy atom. The van der Waals surface area contributed by atoms with Gasteiger partial charge in [-0.1, -0.05) is 42.5 Å². The molecule has 2 N–H and O–H groups in total. The molecule has 2 aromatic carbocycles. The van der Waals surface area contributed by atoms with Crippen LogP contribution in [0.3, 0.4) is 0 Å². The zero-order valence-corrected chi connectivity index (χ0v) is 10.3. The van der Waals surface area contributed by atoms with Crippen LogP contribution in [-0.4, -0.2) is 14.1 Å². The first kappa shape index (κ1) is 11.7. The van der Waals surface area contributed by atoms with Crippen molar-refractivity contribution in [3.63, 3.8) is 0 Å². The second-order valence-electron chi connectivity index (χ2n) is 4.37. The Bertz CT molecular complexity index is 460. The standard InChI is InChI=1S/C15H18N2/c1-17(2)14-10-8-13(9-11-14)15(16)12-6-4-3-5-7-12/h3-11,15H,16H2,1-2H3. The summed E-state index contributed by atoms with van der Waals surface area (Å²) >= 11 is 0. The van der Waals surface area contributed by atoms with E-state index in [9.17, 15) is 0 Å². The average Bonchev–Trinajstić information content (AvgIpc) is 2.39. The summed E-state index contributed by atoms with van der Waals surface area (Å²) in [6, 6.07) is 18.5. The molecule has 2 aromatic rings. The molecule has 0 bridgehead atoms. The predicted octanol–water partition coefficient (Wildman–Crippen LogP) is 2.80. The van der Waals surface area contributed by atoms with Gasteiger partial charge in [0.15, 0.2) is 0 Å². The van der Waals surface area contributed by atoms with Gasteiger partial charge in [-0.3, -0.25) is 0 Å². The molecule has 0 aliphatic heterocycles. The maximum absolute atomic E-state index is 6.23. The van der Waals surface area contributed by atoms with Crippen molar-refractivity contribution in [2.75, 3.05) is 19.0 Å². The first-order valence-corrected chi connectivity index (χ1v) is 5.76. The molecule has 0 heterocycles. The van der Waals surface area contributed by atoms with Gasteiger partial charge in [0.2, 0.25) is 0 Å². The zero-order valence-electron chi connectivity index (χ0n) is 10.3. The Labute approximate surface area is 103 Å². The maximum atomic E-state index is 6.23. The smallest absolute Gasteiger partial charge is 0.0551 e.